The monoisotopic (exact) mass is 438 g/mol. The molecule has 1 amide bonds. The van der Waals surface area contributed by atoms with Crippen molar-refractivity contribution in [3.05, 3.63) is 76.0 Å². The third-order valence-electron chi connectivity index (χ3n) is 5.23. The molecule has 5 nitrogen and oxygen atoms in total. The van der Waals surface area contributed by atoms with Crippen molar-refractivity contribution in [2.75, 3.05) is 31.1 Å². The molecular weight excluding hydrogens is 416 g/mol. The van der Waals surface area contributed by atoms with Gasteiger partial charge in [0.05, 0.1) is 22.8 Å². The first kappa shape index (κ1) is 18.7. The lowest BCUT2D eigenvalue weighted by Crippen LogP contribution is -2.49. The zero-order chi connectivity index (χ0) is 19.7. The number of hydrogen-bond acceptors (Lipinski definition) is 3. The standard InChI is InChI=1S/C22H23BrN4O/c1-16-21(17(2)27(24-16)20-6-4-3-5-7-20)25-12-14-26(15-13-25)22(28)18-8-10-19(23)11-9-18/h3-11H,12-15H2,1-2H3. The lowest BCUT2D eigenvalue weighted by Gasteiger charge is -2.36. The number of carbonyl (C=O) groups excluding carboxylic acids is 1. The molecule has 0 bridgehead atoms. The topological polar surface area (TPSA) is 41.4 Å². The molecule has 0 spiro atoms. The van der Waals surface area contributed by atoms with Crippen LogP contribution in [0.4, 0.5) is 5.69 Å². The Bertz CT molecular complexity index is 974. The Hall–Kier alpha value is -2.60. The fourth-order valence-electron chi connectivity index (χ4n) is 3.82. The highest BCUT2D eigenvalue weighted by Crippen LogP contribution is 2.28. The van der Waals surface area contributed by atoms with Crippen LogP contribution in [0.3, 0.4) is 0 Å². The van der Waals surface area contributed by atoms with Crippen LogP contribution >= 0.6 is 15.9 Å². The molecule has 0 radical (unpaired) electrons. The van der Waals surface area contributed by atoms with E-state index in [1.54, 1.807) is 0 Å². The Morgan fingerprint density at radius 2 is 1.57 bits per heavy atom. The smallest absolute Gasteiger partial charge is 0.253 e. The van der Waals surface area contributed by atoms with Gasteiger partial charge in [-0.15, -0.1) is 0 Å². The number of hydrogen-bond donors (Lipinski definition) is 0. The van der Waals surface area contributed by atoms with Gasteiger partial charge >= 0.3 is 0 Å². The minimum Gasteiger partial charge on any atom is -0.365 e. The van der Waals surface area contributed by atoms with Crippen LogP contribution in [0.2, 0.25) is 0 Å². The molecule has 1 aliphatic heterocycles. The van der Waals surface area contributed by atoms with Crippen LogP contribution in [0, 0.1) is 13.8 Å². The van der Waals surface area contributed by atoms with Gasteiger partial charge in [0.2, 0.25) is 0 Å². The summed E-state index contributed by atoms with van der Waals surface area (Å²) in [6.07, 6.45) is 0. The van der Waals surface area contributed by atoms with Crippen molar-refractivity contribution >= 4 is 27.5 Å². The van der Waals surface area contributed by atoms with Gasteiger partial charge in [-0.1, -0.05) is 34.1 Å². The molecule has 2 heterocycles. The number of piperazine rings is 1. The Kier molecular flexibility index (Phi) is 5.22. The maximum absolute atomic E-state index is 12.8. The minimum atomic E-state index is 0.0978. The molecule has 1 aromatic heterocycles. The van der Waals surface area contributed by atoms with Crippen molar-refractivity contribution < 1.29 is 4.79 Å². The van der Waals surface area contributed by atoms with E-state index >= 15 is 0 Å². The van der Waals surface area contributed by atoms with Crippen molar-refractivity contribution in [2.45, 2.75) is 13.8 Å². The molecule has 4 rings (SSSR count). The normalized spacial score (nSPS) is 14.4. The summed E-state index contributed by atoms with van der Waals surface area (Å²) < 4.78 is 2.99. The summed E-state index contributed by atoms with van der Waals surface area (Å²) in [5.41, 5.74) is 5.14. The molecule has 144 valence electrons. The number of aryl methyl sites for hydroxylation is 1. The summed E-state index contributed by atoms with van der Waals surface area (Å²) in [4.78, 5) is 17.0. The molecule has 1 saturated heterocycles. The number of amides is 1. The lowest BCUT2D eigenvalue weighted by molar-refractivity contribution is 0.0747. The van der Waals surface area contributed by atoms with E-state index in [4.69, 9.17) is 5.10 Å². The van der Waals surface area contributed by atoms with Crippen LogP contribution in [0.25, 0.3) is 5.69 Å². The molecule has 6 heteroatoms. The van der Waals surface area contributed by atoms with E-state index in [0.29, 0.717) is 13.1 Å². The van der Waals surface area contributed by atoms with E-state index in [1.165, 1.54) is 5.69 Å². The van der Waals surface area contributed by atoms with Crippen molar-refractivity contribution in [1.29, 1.82) is 0 Å². The maximum atomic E-state index is 12.8. The molecule has 0 saturated carbocycles. The second-order valence-electron chi connectivity index (χ2n) is 7.05. The summed E-state index contributed by atoms with van der Waals surface area (Å²) >= 11 is 3.42. The highest BCUT2D eigenvalue weighted by molar-refractivity contribution is 9.10. The number of rotatable bonds is 3. The SMILES string of the molecule is Cc1nn(-c2ccccc2)c(C)c1N1CCN(C(=O)c2ccc(Br)cc2)CC1. The van der Waals surface area contributed by atoms with Crippen LogP contribution in [0.5, 0.6) is 0 Å². The van der Waals surface area contributed by atoms with Gasteiger partial charge in [0.1, 0.15) is 0 Å². The summed E-state index contributed by atoms with van der Waals surface area (Å²) in [7, 11) is 0. The van der Waals surface area contributed by atoms with Gasteiger partial charge in [-0.3, -0.25) is 4.79 Å². The number of carbonyl (C=O) groups is 1. The van der Waals surface area contributed by atoms with Crippen molar-refractivity contribution in [3.8, 4) is 5.69 Å². The van der Waals surface area contributed by atoms with E-state index in [1.807, 2.05) is 52.0 Å². The highest BCUT2D eigenvalue weighted by Gasteiger charge is 2.26. The maximum Gasteiger partial charge on any atom is 0.253 e. The van der Waals surface area contributed by atoms with E-state index in [9.17, 15) is 4.79 Å². The first-order chi connectivity index (χ1) is 13.5. The minimum absolute atomic E-state index is 0.0978. The zero-order valence-electron chi connectivity index (χ0n) is 16.1. The summed E-state index contributed by atoms with van der Waals surface area (Å²) in [6, 6.07) is 17.8. The Morgan fingerprint density at radius 3 is 2.21 bits per heavy atom. The van der Waals surface area contributed by atoms with Crippen molar-refractivity contribution in [1.82, 2.24) is 14.7 Å². The molecule has 1 fully saturated rings. The third kappa shape index (κ3) is 3.56. The summed E-state index contributed by atoms with van der Waals surface area (Å²) in [6.45, 7) is 7.21. The molecule has 0 N–H and O–H groups in total. The number of benzene rings is 2. The molecule has 0 atom stereocenters. The van der Waals surface area contributed by atoms with Gasteiger partial charge in [-0.2, -0.15) is 5.10 Å². The summed E-state index contributed by atoms with van der Waals surface area (Å²) in [5, 5.41) is 4.76. The molecule has 0 aliphatic carbocycles. The number of halogens is 1. The van der Waals surface area contributed by atoms with Gasteiger partial charge in [0, 0.05) is 36.2 Å². The van der Waals surface area contributed by atoms with E-state index in [-0.39, 0.29) is 5.91 Å². The predicted octanol–water partition coefficient (Wildman–Crippen LogP) is 4.21. The average Bonchev–Trinajstić information content (AvgIpc) is 3.03. The third-order valence-corrected chi connectivity index (χ3v) is 5.76. The van der Waals surface area contributed by atoms with E-state index in [0.717, 1.165) is 40.2 Å². The zero-order valence-corrected chi connectivity index (χ0v) is 17.7. The highest BCUT2D eigenvalue weighted by atomic mass is 79.9. The number of para-hydroxylation sites is 1. The second kappa shape index (κ2) is 7.80. The molecular formula is C22H23BrN4O. The van der Waals surface area contributed by atoms with Gasteiger partial charge in [-0.05, 0) is 50.2 Å². The molecule has 2 aromatic carbocycles. The van der Waals surface area contributed by atoms with Gasteiger partial charge < -0.3 is 9.80 Å². The lowest BCUT2D eigenvalue weighted by atomic mass is 10.1. The molecule has 1 aliphatic rings. The van der Waals surface area contributed by atoms with Crippen molar-refractivity contribution in [3.63, 3.8) is 0 Å². The van der Waals surface area contributed by atoms with Crippen LogP contribution in [-0.2, 0) is 0 Å². The first-order valence-corrected chi connectivity index (χ1v) is 10.3. The van der Waals surface area contributed by atoms with Gasteiger partial charge in [0.15, 0.2) is 0 Å². The van der Waals surface area contributed by atoms with Crippen LogP contribution < -0.4 is 4.90 Å². The van der Waals surface area contributed by atoms with Gasteiger partial charge in [-0.25, -0.2) is 4.68 Å². The van der Waals surface area contributed by atoms with E-state index in [2.05, 4.69) is 46.8 Å². The number of anilines is 1. The fourth-order valence-corrected chi connectivity index (χ4v) is 4.09. The number of aromatic nitrogens is 2. The second-order valence-corrected chi connectivity index (χ2v) is 7.97. The number of nitrogens with zero attached hydrogens (tertiary/aromatic N) is 4. The Balaban J connectivity index is 1.49. The largest absolute Gasteiger partial charge is 0.365 e. The Labute approximate surface area is 173 Å². The van der Waals surface area contributed by atoms with E-state index < -0.39 is 0 Å². The molecule has 28 heavy (non-hydrogen) atoms. The fraction of sp³-hybridized carbons (Fsp3) is 0.273. The molecule has 0 unspecified atom stereocenters. The van der Waals surface area contributed by atoms with Crippen LogP contribution in [0.1, 0.15) is 21.7 Å². The average molecular weight is 439 g/mol. The predicted molar refractivity (Wildman–Crippen MR) is 115 cm³/mol. The van der Waals surface area contributed by atoms with Gasteiger partial charge in [0.25, 0.3) is 5.91 Å². The van der Waals surface area contributed by atoms with Crippen LogP contribution in [0.15, 0.2) is 59.1 Å². The summed E-state index contributed by atoms with van der Waals surface area (Å²) in [5.74, 6) is 0.0978. The first-order valence-electron chi connectivity index (χ1n) is 9.46. The van der Waals surface area contributed by atoms with Crippen LogP contribution in [-0.4, -0.2) is 46.8 Å². The quantitative estimate of drug-likeness (QED) is 0.614. The van der Waals surface area contributed by atoms with Crippen molar-refractivity contribution in [2.24, 2.45) is 0 Å². The Morgan fingerprint density at radius 1 is 0.929 bits per heavy atom. The molecule has 3 aromatic rings.